The molecule has 0 unspecified atom stereocenters. The van der Waals surface area contributed by atoms with Crippen molar-refractivity contribution in [2.75, 3.05) is 18.8 Å². The molecule has 1 atom stereocenters. The summed E-state index contributed by atoms with van der Waals surface area (Å²) in [6.07, 6.45) is 1.73. The first kappa shape index (κ1) is 15.4. The molecule has 22 heavy (non-hydrogen) atoms. The quantitative estimate of drug-likeness (QED) is 0.924. The Labute approximate surface area is 134 Å². The van der Waals surface area contributed by atoms with Gasteiger partial charge in [-0.3, -0.25) is 0 Å². The van der Waals surface area contributed by atoms with E-state index < -0.39 is 10.0 Å². The third kappa shape index (κ3) is 2.99. The number of aryl methyl sites for hydroxylation is 1. The van der Waals surface area contributed by atoms with Crippen LogP contribution in [0.5, 0.6) is 0 Å². The number of nitrogens with two attached hydrogens (primary N) is 1. The monoisotopic (exact) mass is 338 g/mol. The minimum Gasteiger partial charge on any atom is -0.374 e. The molecule has 0 spiro atoms. The minimum absolute atomic E-state index is 0.0729. The first-order valence-corrected chi connectivity index (χ1v) is 9.38. The molecule has 2 heterocycles. The van der Waals surface area contributed by atoms with Crippen molar-refractivity contribution in [3.05, 3.63) is 34.8 Å². The lowest BCUT2D eigenvalue weighted by Gasteiger charge is -2.30. The number of nitrogens with zero attached hydrogens (tertiary/aromatic N) is 3. The third-order valence-electron chi connectivity index (χ3n) is 3.85. The van der Waals surface area contributed by atoms with Crippen molar-refractivity contribution in [3.8, 4) is 0 Å². The standard InChI is InChI=1S/C14H18N4O2S2/c1-10-4-6-12(7-5-10)22(19,20)18-8-2-3-11(9-18)13-16-17-14(15)21-13/h4-7,11H,2-3,8-9H2,1H3,(H2,15,17)/t11-/m1/s1. The Morgan fingerprint density at radius 3 is 2.64 bits per heavy atom. The van der Waals surface area contributed by atoms with E-state index in [2.05, 4.69) is 10.2 Å². The fourth-order valence-corrected chi connectivity index (χ4v) is 4.89. The van der Waals surface area contributed by atoms with Crippen LogP contribution in [0, 0.1) is 6.92 Å². The average molecular weight is 338 g/mol. The van der Waals surface area contributed by atoms with Gasteiger partial charge in [0.1, 0.15) is 5.01 Å². The highest BCUT2D eigenvalue weighted by Crippen LogP contribution is 2.32. The van der Waals surface area contributed by atoms with Gasteiger partial charge in [0.2, 0.25) is 15.2 Å². The van der Waals surface area contributed by atoms with Crippen molar-refractivity contribution in [1.29, 1.82) is 0 Å². The van der Waals surface area contributed by atoms with E-state index >= 15 is 0 Å². The summed E-state index contributed by atoms with van der Waals surface area (Å²) in [6, 6.07) is 6.97. The molecular formula is C14H18N4O2S2. The summed E-state index contributed by atoms with van der Waals surface area (Å²) in [7, 11) is -3.45. The van der Waals surface area contributed by atoms with Crippen LogP contribution < -0.4 is 5.73 Å². The van der Waals surface area contributed by atoms with Gasteiger partial charge in [0.25, 0.3) is 0 Å². The van der Waals surface area contributed by atoms with Crippen molar-refractivity contribution in [1.82, 2.24) is 14.5 Å². The molecule has 1 aliphatic heterocycles. The van der Waals surface area contributed by atoms with Gasteiger partial charge in [-0.1, -0.05) is 29.0 Å². The predicted molar refractivity (Wildman–Crippen MR) is 86.2 cm³/mol. The molecule has 0 radical (unpaired) electrons. The van der Waals surface area contributed by atoms with Gasteiger partial charge in [0.15, 0.2) is 0 Å². The van der Waals surface area contributed by atoms with E-state index in [0.717, 1.165) is 23.4 Å². The second-order valence-corrected chi connectivity index (χ2v) is 8.47. The van der Waals surface area contributed by atoms with E-state index in [1.54, 1.807) is 16.4 Å². The SMILES string of the molecule is Cc1ccc(S(=O)(=O)N2CCC[C@@H](c3nnc(N)s3)C2)cc1. The molecule has 1 aliphatic rings. The van der Waals surface area contributed by atoms with E-state index in [1.807, 2.05) is 19.1 Å². The second kappa shape index (κ2) is 5.94. The molecule has 1 aromatic heterocycles. The lowest BCUT2D eigenvalue weighted by molar-refractivity contribution is 0.314. The molecular weight excluding hydrogens is 320 g/mol. The lowest BCUT2D eigenvalue weighted by atomic mass is 10.0. The Balaban J connectivity index is 1.83. The smallest absolute Gasteiger partial charge is 0.243 e. The van der Waals surface area contributed by atoms with Crippen molar-refractivity contribution >= 4 is 26.5 Å². The second-order valence-electron chi connectivity index (χ2n) is 5.49. The molecule has 2 N–H and O–H groups in total. The fraction of sp³-hybridized carbons (Fsp3) is 0.429. The molecule has 0 aliphatic carbocycles. The van der Waals surface area contributed by atoms with Crippen molar-refractivity contribution in [3.63, 3.8) is 0 Å². The topological polar surface area (TPSA) is 89.2 Å². The maximum Gasteiger partial charge on any atom is 0.243 e. The molecule has 1 saturated heterocycles. The molecule has 118 valence electrons. The summed E-state index contributed by atoms with van der Waals surface area (Å²) in [5.74, 6) is 0.0729. The van der Waals surface area contributed by atoms with Gasteiger partial charge >= 0.3 is 0 Å². The van der Waals surface area contributed by atoms with Crippen LogP contribution >= 0.6 is 11.3 Å². The van der Waals surface area contributed by atoms with Crippen LogP contribution in [-0.4, -0.2) is 36.0 Å². The van der Waals surface area contributed by atoms with E-state index in [1.165, 1.54) is 11.3 Å². The highest BCUT2D eigenvalue weighted by atomic mass is 32.2. The molecule has 0 amide bonds. The Hall–Kier alpha value is -1.51. The largest absolute Gasteiger partial charge is 0.374 e. The molecule has 8 heteroatoms. The van der Waals surface area contributed by atoms with Crippen LogP contribution in [0.2, 0.25) is 0 Å². The van der Waals surface area contributed by atoms with Crippen molar-refractivity contribution in [2.45, 2.75) is 30.6 Å². The van der Waals surface area contributed by atoms with Crippen molar-refractivity contribution < 1.29 is 8.42 Å². The van der Waals surface area contributed by atoms with E-state index in [4.69, 9.17) is 5.73 Å². The predicted octanol–water partition coefficient (Wildman–Crippen LogP) is 2.00. The summed E-state index contributed by atoms with van der Waals surface area (Å²) in [5, 5.41) is 9.13. The third-order valence-corrected chi connectivity index (χ3v) is 6.64. The Kier molecular flexibility index (Phi) is 4.16. The van der Waals surface area contributed by atoms with Gasteiger partial charge in [-0.2, -0.15) is 4.31 Å². The number of hydrogen-bond acceptors (Lipinski definition) is 6. The Bertz CT molecular complexity index is 755. The van der Waals surface area contributed by atoms with Gasteiger partial charge in [-0.15, -0.1) is 10.2 Å². The normalized spacial score (nSPS) is 20.1. The molecule has 3 rings (SSSR count). The zero-order chi connectivity index (χ0) is 15.7. The minimum atomic E-state index is -3.45. The van der Waals surface area contributed by atoms with Crippen LogP contribution in [0.15, 0.2) is 29.2 Å². The molecule has 6 nitrogen and oxygen atoms in total. The van der Waals surface area contributed by atoms with Crippen LogP contribution in [0.1, 0.15) is 29.3 Å². The van der Waals surface area contributed by atoms with Gasteiger partial charge in [-0.05, 0) is 31.9 Å². The zero-order valence-corrected chi connectivity index (χ0v) is 13.9. The highest BCUT2D eigenvalue weighted by Gasteiger charge is 2.32. The van der Waals surface area contributed by atoms with Crippen molar-refractivity contribution in [2.24, 2.45) is 0 Å². The number of hydrogen-bond donors (Lipinski definition) is 1. The summed E-state index contributed by atoms with van der Waals surface area (Å²) in [4.78, 5) is 0.343. The number of benzene rings is 1. The number of aromatic nitrogens is 2. The average Bonchev–Trinajstić information content (AvgIpc) is 2.94. The van der Waals surface area contributed by atoms with E-state index in [-0.39, 0.29) is 5.92 Å². The summed E-state index contributed by atoms with van der Waals surface area (Å²) in [5.41, 5.74) is 6.67. The number of rotatable bonds is 3. The Morgan fingerprint density at radius 1 is 1.27 bits per heavy atom. The summed E-state index contributed by atoms with van der Waals surface area (Å²) in [6.45, 7) is 2.92. The zero-order valence-electron chi connectivity index (χ0n) is 12.3. The first-order chi connectivity index (χ1) is 10.5. The molecule has 0 saturated carbocycles. The van der Waals surface area contributed by atoms with E-state index in [9.17, 15) is 8.42 Å². The number of nitrogen functional groups attached to an aromatic ring is 1. The molecule has 0 bridgehead atoms. The molecule has 2 aromatic rings. The van der Waals surface area contributed by atoms with Crippen LogP contribution in [0.25, 0.3) is 0 Å². The maximum absolute atomic E-state index is 12.7. The first-order valence-electron chi connectivity index (χ1n) is 7.12. The summed E-state index contributed by atoms with van der Waals surface area (Å²) < 4.78 is 27.0. The van der Waals surface area contributed by atoms with Gasteiger partial charge in [0, 0.05) is 19.0 Å². The van der Waals surface area contributed by atoms with Gasteiger partial charge < -0.3 is 5.73 Å². The fourth-order valence-electron chi connectivity index (χ4n) is 2.63. The molecule has 1 aromatic carbocycles. The Morgan fingerprint density at radius 2 is 2.00 bits per heavy atom. The number of anilines is 1. The van der Waals surface area contributed by atoms with Crippen LogP contribution in [0.3, 0.4) is 0 Å². The summed E-state index contributed by atoms with van der Waals surface area (Å²) >= 11 is 1.34. The number of sulfonamides is 1. The van der Waals surface area contributed by atoms with Crippen LogP contribution in [-0.2, 0) is 10.0 Å². The maximum atomic E-state index is 12.7. The van der Waals surface area contributed by atoms with Gasteiger partial charge in [-0.25, -0.2) is 8.42 Å². The van der Waals surface area contributed by atoms with Crippen LogP contribution in [0.4, 0.5) is 5.13 Å². The van der Waals surface area contributed by atoms with Gasteiger partial charge in [0.05, 0.1) is 4.90 Å². The number of piperidine rings is 1. The van der Waals surface area contributed by atoms with E-state index in [0.29, 0.717) is 23.1 Å². The highest BCUT2D eigenvalue weighted by molar-refractivity contribution is 7.89. The molecule has 1 fully saturated rings. The lowest BCUT2D eigenvalue weighted by Crippen LogP contribution is -2.39.